The summed E-state index contributed by atoms with van der Waals surface area (Å²) < 4.78 is 34.6. The van der Waals surface area contributed by atoms with Crippen LogP contribution in [0.4, 0.5) is 0 Å². The molecule has 0 aliphatic rings. The minimum Gasteiger partial charge on any atom is 0 e. The number of hydrogen-bond donors (Lipinski definition) is 0. The van der Waals surface area contributed by atoms with Gasteiger partial charge < -0.3 is 0 Å². The fraction of sp³-hybridized carbons (Fsp3) is 0. The molecule has 0 aliphatic carbocycles. The summed E-state index contributed by atoms with van der Waals surface area (Å²) in [5.74, 6) is 0. The van der Waals surface area contributed by atoms with Crippen molar-refractivity contribution in [2.24, 2.45) is 0 Å². The van der Waals surface area contributed by atoms with Crippen molar-refractivity contribution in [1.29, 1.82) is 0 Å². The summed E-state index contributed by atoms with van der Waals surface area (Å²) >= 11 is -6.17. The zero-order valence-electron chi connectivity index (χ0n) is 4.94. The van der Waals surface area contributed by atoms with Crippen LogP contribution in [0.3, 0.4) is 0 Å². The van der Waals surface area contributed by atoms with E-state index in [0.717, 1.165) is 0 Å². The van der Waals surface area contributed by atoms with Crippen molar-refractivity contribution in [1.82, 2.24) is 0 Å². The van der Waals surface area contributed by atoms with Crippen molar-refractivity contribution >= 4 is 19.8 Å². The van der Waals surface area contributed by atoms with E-state index >= 15 is 0 Å². The molecule has 0 saturated heterocycles. The van der Waals surface area contributed by atoms with Crippen LogP contribution in [0.15, 0.2) is 0 Å². The van der Waals surface area contributed by atoms with Gasteiger partial charge in [0.25, 0.3) is 0 Å². The molecule has 0 saturated carbocycles. The van der Waals surface area contributed by atoms with E-state index in [1.807, 2.05) is 0 Å². The average Bonchev–Trinajstić information content (AvgIpc) is 0.722. The van der Waals surface area contributed by atoms with Crippen LogP contribution >= 0.6 is 19.8 Å². The maximum atomic E-state index is 8.65. The van der Waals surface area contributed by atoms with Crippen LogP contribution in [-0.4, -0.2) is 0 Å². The third-order valence-corrected chi connectivity index (χ3v) is 0. The van der Waals surface area contributed by atoms with Gasteiger partial charge >= 0.3 is 90.2 Å². The summed E-state index contributed by atoms with van der Waals surface area (Å²) in [6.45, 7) is 0. The SMILES string of the molecule is [Na+].[Na+].[O]=[W](=[O])([O-])[O-].[P].[P]. The fourth-order valence-corrected chi connectivity index (χ4v) is 0. The Morgan fingerprint density at radius 3 is 0.889 bits per heavy atom. The van der Waals surface area contributed by atoms with E-state index in [-0.39, 0.29) is 78.9 Å². The molecule has 42 valence electrons. The van der Waals surface area contributed by atoms with E-state index in [1.165, 1.54) is 0 Å². The number of rotatable bonds is 0. The van der Waals surface area contributed by atoms with Crippen LogP contribution in [0, 0.1) is 0 Å². The molecule has 0 bridgehead atoms. The Labute approximate surface area is 108 Å². The molecule has 0 rings (SSSR count). The van der Waals surface area contributed by atoms with Crippen LogP contribution in [0.5, 0.6) is 0 Å². The largest absolute Gasteiger partial charge is 0 e. The first-order chi connectivity index (χ1) is 2.00. The predicted octanol–water partition coefficient (Wildman–Crippen LogP) is -6.89. The Kier molecular flexibility index (Phi) is 44.9. The predicted molar refractivity (Wildman–Crippen MR) is 15.2 cm³/mol. The summed E-state index contributed by atoms with van der Waals surface area (Å²) in [5, 5.41) is 0. The molecule has 0 unspecified atom stereocenters. The molecule has 0 spiro atoms. The molecular formula is Na2O4P2W. The molecule has 4 nitrogen and oxygen atoms in total. The molecule has 0 fully saturated rings. The van der Waals surface area contributed by atoms with Crippen molar-refractivity contribution in [2.45, 2.75) is 0 Å². The van der Waals surface area contributed by atoms with E-state index in [4.69, 9.17) is 14.3 Å². The van der Waals surface area contributed by atoms with Crippen LogP contribution in [0.25, 0.3) is 0 Å². The third kappa shape index (κ3) is 96.7. The first-order valence-corrected chi connectivity index (χ1v) is 5.46. The van der Waals surface area contributed by atoms with Crippen molar-refractivity contribution in [3.63, 3.8) is 0 Å². The molecule has 0 aliphatic heterocycles. The van der Waals surface area contributed by atoms with Crippen LogP contribution in [0.1, 0.15) is 0 Å². The zero-order chi connectivity index (χ0) is 4.50. The Morgan fingerprint density at radius 1 is 0.889 bits per heavy atom. The first-order valence-electron chi connectivity index (χ1n) is 0.667. The molecule has 9 heavy (non-hydrogen) atoms. The van der Waals surface area contributed by atoms with Gasteiger partial charge in [0.2, 0.25) is 0 Å². The van der Waals surface area contributed by atoms with Gasteiger partial charge in [0.05, 0.1) is 0 Å². The smallest absolute Gasteiger partial charge is 0 e. The summed E-state index contributed by atoms with van der Waals surface area (Å²) in [7, 11) is 0. The average molecular weight is 356 g/mol. The zero-order valence-corrected chi connectivity index (χ0v) is 13.7. The molecule has 0 aromatic heterocycles. The molecule has 6 radical (unpaired) electrons. The van der Waals surface area contributed by atoms with E-state index in [9.17, 15) is 0 Å². The topological polar surface area (TPSA) is 80.3 Å². The standard InChI is InChI=1S/2Na.4O.2P.W/q2*+1;;;2*-1;;;. The van der Waals surface area contributed by atoms with Gasteiger partial charge in [-0.25, -0.2) is 0 Å². The van der Waals surface area contributed by atoms with Crippen LogP contribution in [0.2, 0.25) is 0 Å². The van der Waals surface area contributed by atoms with E-state index < -0.39 is 16.7 Å². The second kappa shape index (κ2) is 13.6. The Hall–Kier alpha value is 3.07. The molecule has 0 aromatic rings. The Balaban J connectivity index is -0.0000000133. The van der Waals surface area contributed by atoms with Crippen molar-refractivity contribution in [3.8, 4) is 0 Å². The summed E-state index contributed by atoms with van der Waals surface area (Å²) in [5.41, 5.74) is 0. The van der Waals surface area contributed by atoms with Gasteiger partial charge in [-0.2, -0.15) is 0 Å². The van der Waals surface area contributed by atoms with Crippen molar-refractivity contribution in [2.75, 3.05) is 0 Å². The fourth-order valence-electron chi connectivity index (χ4n) is 0. The van der Waals surface area contributed by atoms with E-state index in [2.05, 4.69) is 0 Å². The van der Waals surface area contributed by atoms with Gasteiger partial charge in [-0.3, -0.25) is 0 Å². The van der Waals surface area contributed by atoms with Gasteiger partial charge in [-0.15, -0.1) is 0 Å². The quantitative estimate of drug-likeness (QED) is 0.319. The summed E-state index contributed by atoms with van der Waals surface area (Å²) in [6.07, 6.45) is 0. The summed E-state index contributed by atoms with van der Waals surface area (Å²) in [4.78, 5) is 0. The van der Waals surface area contributed by atoms with Crippen LogP contribution < -0.4 is 66.6 Å². The monoisotopic (exact) mass is 356 g/mol. The maximum Gasteiger partial charge on any atom is 0 e. The van der Waals surface area contributed by atoms with Crippen molar-refractivity contribution in [3.05, 3.63) is 0 Å². The number of hydrogen-bond acceptors (Lipinski definition) is 4. The first kappa shape index (κ1) is 29.6. The van der Waals surface area contributed by atoms with Gasteiger partial charge in [-0.05, 0) is 0 Å². The minimum atomic E-state index is -6.17. The molecule has 0 heterocycles. The Morgan fingerprint density at radius 2 is 0.889 bits per heavy atom. The minimum absolute atomic E-state index is 0. The van der Waals surface area contributed by atoms with Gasteiger partial charge in [0.1, 0.15) is 0 Å². The second-order valence-corrected chi connectivity index (χ2v) is 3.34. The molecule has 0 atom stereocenters. The maximum absolute atomic E-state index is 8.65. The third-order valence-electron chi connectivity index (χ3n) is 0. The summed E-state index contributed by atoms with van der Waals surface area (Å²) in [6, 6.07) is 0. The molecular weight excluding hydrogens is 356 g/mol. The van der Waals surface area contributed by atoms with Gasteiger partial charge in [0.15, 0.2) is 0 Å². The molecule has 0 aromatic carbocycles. The van der Waals surface area contributed by atoms with E-state index in [0.29, 0.717) is 0 Å². The Bertz CT molecular complexity index is 99.7. The van der Waals surface area contributed by atoms with Crippen LogP contribution in [-0.2, 0) is 23.5 Å². The normalized spacial score (nSPS) is 6.44. The molecule has 0 N–H and O–H groups in total. The van der Waals surface area contributed by atoms with Gasteiger partial charge in [0, 0.05) is 19.8 Å². The second-order valence-electron chi connectivity index (χ2n) is 0.408. The van der Waals surface area contributed by atoms with E-state index in [1.54, 1.807) is 0 Å². The van der Waals surface area contributed by atoms with Crippen molar-refractivity contribution < 1.29 is 90.2 Å². The molecule has 9 heteroatoms. The van der Waals surface area contributed by atoms with Gasteiger partial charge in [-0.1, -0.05) is 0 Å². The molecule has 0 amide bonds.